The Balaban J connectivity index is 2.56. The molecular formula is C10H14O4. The van der Waals surface area contributed by atoms with Crippen molar-refractivity contribution in [3.63, 3.8) is 0 Å². The van der Waals surface area contributed by atoms with Crippen molar-refractivity contribution >= 4 is 11.9 Å². The molecule has 0 amide bonds. The summed E-state index contributed by atoms with van der Waals surface area (Å²) in [6.45, 7) is 8.49. The van der Waals surface area contributed by atoms with Gasteiger partial charge >= 0.3 is 11.9 Å². The second kappa shape index (κ2) is 3.44. The van der Waals surface area contributed by atoms with Gasteiger partial charge in [-0.15, -0.1) is 0 Å². The Kier molecular flexibility index (Phi) is 2.64. The Labute approximate surface area is 82.9 Å². The van der Waals surface area contributed by atoms with Crippen LogP contribution in [-0.2, 0) is 19.1 Å². The molecule has 1 rings (SSSR count). The van der Waals surface area contributed by atoms with Gasteiger partial charge in [0.05, 0.1) is 5.41 Å². The molecule has 1 unspecified atom stereocenters. The van der Waals surface area contributed by atoms with Crippen molar-refractivity contribution in [3.8, 4) is 0 Å². The van der Waals surface area contributed by atoms with E-state index in [1.807, 2.05) is 0 Å². The molecule has 1 aliphatic heterocycles. The summed E-state index contributed by atoms with van der Waals surface area (Å²) < 4.78 is 9.77. The van der Waals surface area contributed by atoms with Gasteiger partial charge in [0.25, 0.3) is 0 Å². The summed E-state index contributed by atoms with van der Waals surface area (Å²) in [4.78, 5) is 22.3. The average molecular weight is 198 g/mol. The minimum absolute atomic E-state index is 0.297. The predicted molar refractivity (Wildman–Crippen MR) is 49.2 cm³/mol. The molecular weight excluding hydrogens is 184 g/mol. The maximum Gasteiger partial charge on any atom is 0.336 e. The number of ether oxygens (including phenoxy) is 2. The van der Waals surface area contributed by atoms with Crippen LogP contribution in [0.4, 0.5) is 0 Å². The van der Waals surface area contributed by atoms with Crippen LogP contribution in [0.3, 0.4) is 0 Å². The van der Waals surface area contributed by atoms with Crippen LogP contribution in [0, 0.1) is 5.41 Å². The van der Waals surface area contributed by atoms with E-state index in [1.165, 1.54) is 0 Å². The number of esters is 2. The minimum Gasteiger partial charge on any atom is -0.425 e. The Hall–Kier alpha value is -1.32. The summed E-state index contributed by atoms with van der Waals surface area (Å²) in [5, 5.41) is 0. The van der Waals surface area contributed by atoms with Crippen LogP contribution >= 0.6 is 0 Å². The van der Waals surface area contributed by atoms with Crippen molar-refractivity contribution in [2.75, 3.05) is 0 Å². The topological polar surface area (TPSA) is 52.6 Å². The zero-order valence-electron chi connectivity index (χ0n) is 8.62. The molecule has 4 heteroatoms. The summed E-state index contributed by atoms with van der Waals surface area (Å²) in [6.07, 6.45) is -0.369. The lowest BCUT2D eigenvalue weighted by Gasteiger charge is -2.11. The molecule has 0 aliphatic carbocycles. The maximum atomic E-state index is 11.2. The monoisotopic (exact) mass is 198 g/mol. The molecule has 0 aromatic carbocycles. The Morgan fingerprint density at radius 2 is 2.21 bits per heavy atom. The first-order valence-electron chi connectivity index (χ1n) is 4.40. The van der Waals surface area contributed by atoms with Gasteiger partial charge in [-0.05, 0) is 20.8 Å². The molecule has 0 aromatic rings. The maximum absolute atomic E-state index is 11.2. The first-order chi connectivity index (χ1) is 6.33. The summed E-state index contributed by atoms with van der Waals surface area (Å²) in [5.74, 6) is -0.863. The van der Waals surface area contributed by atoms with Gasteiger partial charge in [0.15, 0.2) is 0 Å². The number of rotatable bonds is 2. The van der Waals surface area contributed by atoms with Crippen LogP contribution in [-0.4, -0.2) is 18.2 Å². The third-order valence-corrected chi connectivity index (χ3v) is 2.05. The number of carbonyl (C=O) groups excluding carboxylic acids is 2. The zero-order valence-corrected chi connectivity index (χ0v) is 8.62. The van der Waals surface area contributed by atoms with Crippen molar-refractivity contribution < 1.29 is 19.1 Å². The lowest BCUT2D eigenvalue weighted by atomic mass is 9.92. The quantitative estimate of drug-likeness (QED) is 0.497. The number of cyclic esters (lactones) is 1. The number of hydrogen-bond acceptors (Lipinski definition) is 4. The van der Waals surface area contributed by atoms with Gasteiger partial charge in [-0.25, -0.2) is 4.79 Å². The first kappa shape index (κ1) is 10.8. The van der Waals surface area contributed by atoms with E-state index in [-0.39, 0.29) is 5.97 Å². The molecule has 1 heterocycles. The number of carbonyl (C=O) groups is 2. The summed E-state index contributed by atoms with van der Waals surface area (Å²) in [5.41, 5.74) is -0.272. The van der Waals surface area contributed by atoms with Crippen molar-refractivity contribution in [2.24, 2.45) is 5.41 Å². The highest BCUT2D eigenvalue weighted by Crippen LogP contribution is 2.33. The molecule has 1 atom stereocenters. The Morgan fingerprint density at radius 1 is 1.64 bits per heavy atom. The lowest BCUT2D eigenvalue weighted by Crippen LogP contribution is -2.18. The molecule has 0 bridgehead atoms. The highest BCUT2D eigenvalue weighted by Gasteiger charge is 2.43. The van der Waals surface area contributed by atoms with E-state index in [9.17, 15) is 9.59 Å². The third-order valence-electron chi connectivity index (χ3n) is 2.05. The second-order valence-electron chi connectivity index (χ2n) is 4.11. The fraction of sp³-hybridized carbons (Fsp3) is 0.600. The lowest BCUT2D eigenvalue weighted by molar-refractivity contribution is -0.174. The van der Waals surface area contributed by atoms with E-state index in [2.05, 4.69) is 6.58 Å². The molecule has 0 radical (unpaired) electrons. The van der Waals surface area contributed by atoms with Crippen LogP contribution in [0.5, 0.6) is 0 Å². The number of hydrogen-bond donors (Lipinski definition) is 0. The van der Waals surface area contributed by atoms with Gasteiger partial charge in [-0.3, -0.25) is 4.79 Å². The SMILES string of the molecule is C=C(C)C(=O)OC1CC(C)(C)C(=O)O1. The van der Waals surface area contributed by atoms with E-state index < -0.39 is 17.7 Å². The van der Waals surface area contributed by atoms with Crippen molar-refractivity contribution in [1.82, 2.24) is 0 Å². The zero-order chi connectivity index (χ0) is 10.9. The Morgan fingerprint density at radius 3 is 2.57 bits per heavy atom. The molecule has 4 nitrogen and oxygen atoms in total. The van der Waals surface area contributed by atoms with Gasteiger partial charge in [0, 0.05) is 12.0 Å². The molecule has 0 aromatic heterocycles. The summed E-state index contributed by atoms with van der Waals surface area (Å²) >= 11 is 0. The third kappa shape index (κ3) is 2.13. The summed E-state index contributed by atoms with van der Waals surface area (Å²) in [7, 11) is 0. The highest BCUT2D eigenvalue weighted by atomic mass is 16.7. The second-order valence-corrected chi connectivity index (χ2v) is 4.11. The Bertz CT molecular complexity index is 290. The van der Waals surface area contributed by atoms with Crippen molar-refractivity contribution in [1.29, 1.82) is 0 Å². The van der Waals surface area contributed by atoms with E-state index in [1.54, 1.807) is 20.8 Å². The molecule has 0 saturated carbocycles. The molecule has 14 heavy (non-hydrogen) atoms. The fourth-order valence-electron chi connectivity index (χ4n) is 1.11. The molecule has 0 N–H and O–H groups in total. The van der Waals surface area contributed by atoms with Crippen molar-refractivity contribution in [3.05, 3.63) is 12.2 Å². The van der Waals surface area contributed by atoms with Gasteiger partial charge in [0.1, 0.15) is 0 Å². The molecule has 0 spiro atoms. The molecule has 1 saturated heterocycles. The van der Waals surface area contributed by atoms with Crippen LogP contribution in [0.1, 0.15) is 27.2 Å². The molecule has 1 fully saturated rings. The van der Waals surface area contributed by atoms with E-state index >= 15 is 0 Å². The largest absolute Gasteiger partial charge is 0.425 e. The van der Waals surface area contributed by atoms with Crippen LogP contribution in [0.25, 0.3) is 0 Å². The van der Waals surface area contributed by atoms with E-state index in [0.29, 0.717) is 12.0 Å². The van der Waals surface area contributed by atoms with Crippen LogP contribution < -0.4 is 0 Å². The van der Waals surface area contributed by atoms with Gasteiger partial charge in [-0.1, -0.05) is 6.58 Å². The van der Waals surface area contributed by atoms with E-state index in [4.69, 9.17) is 9.47 Å². The fourth-order valence-corrected chi connectivity index (χ4v) is 1.11. The minimum atomic E-state index is -0.762. The van der Waals surface area contributed by atoms with E-state index in [0.717, 1.165) is 0 Å². The smallest absolute Gasteiger partial charge is 0.336 e. The predicted octanol–water partition coefficient (Wildman–Crippen LogP) is 1.40. The molecule has 78 valence electrons. The normalized spacial score (nSPS) is 24.2. The van der Waals surface area contributed by atoms with Gasteiger partial charge in [-0.2, -0.15) is 0 Å². The highest BCUT2D eigenvalue weighted by molar-refractivity contribution is 5.87. The van der Waals surface area contributed by atoms with Gasteiger partial charge in [0.2, 0.25) is 6.29 Å². The first-order valence-corrected chi connectivity index (χ1v) is 4.40. The van der Waals surface area contributed by atoms with Crippen molar-refractivity contribution in [2.45, 2.75) is 33.5 Å². The van der Waals surface area contributed by atoms with Crippen LogP contribution in [0.15, 0.2) is 12.2 Å². The van der Waals surface area contributed by atoms with Crippen LogP contribution in [0.2, 0.25) is 0 Å². The average Bonchev–Trinajstić information content (AvgIpc) is 2.25. The van der Waals surface area contributed by atoms with Gasteiger partial charge < -0.3 is 9.47 Å². The summed E-state index contributed by atoms with van der Waals surface area (Å²) in [6, 6.07) is 0. The standard InChI is InChI=1S/C10H14O4/c1-6(2)8(11)13-7-5-10(3,4)9(12)14-7/h7H,1,5H2,2-4H3. The molecule has 1 aliphatic rings.